The van der Waals surface area contributed by atoms with Gasteiger partial charge in [-0.1, -0.05) is 9.97 Å². The van der Waals surface area contributed by atoms with Gasteiger partial charge in [0.1, 0.15) is 0 Å². The van der Waals surface area contributed by atoms with Crippen LogP contribution in [0.25, 0.3) is 0 Å². The molecule has 98 valence electrons. The molecule has 0 radical (unpaired) electrons. The summed E-state index contributed by atoms with van der Waals surface area (Å²) in [5.74, 6) is 2.47. The van der Waals surface area contributed by atoms with E-state index in [1.807, 2.05) is 68.6 Å². The molecule has 0 aliphatic rings. The van der Waals surface area contributed by atoms with E-state index in [2.05, 4.69) is 9.97 Å². The highest BCUT2D eigenvalue weighted by Crippen LogP contribution is 2.12. The monoisotopic (exact) mass is 260 g/mol. The number of rotatable bonds is 3. The Bertz CT molecular complexity index is 348. The van der Waals surface area contributed by atoms with Crippen LogP contribution in [0.15, 0.2) is 0 Å². The van der Waals surface area contributed by atoms with E-state index < -0.39 is 0 Å². The summed E-state index contributed by atoms with van der Waals surface area (Å²) < 4.78 is 1.97. The summed E-state index contributed by atoms with van der Waals surface area (Å²) in [5.41, 5.74) is 0. The van der Waals surface area contributed by atoms with Crippen molar-refractivity contribution in [3.63, 3.8) is 0 Å². The number of nitrogens with zero attached hydrogens (tertiary/aromatic N) is 6. The maximum absolute atomic E-state index is 4.49. The van der Waals surface area contributed by atoms with Gasteiger partial charge in [0.2, 0.25) is 0 Å². The number of anilines is 3. The second-order valence-electron chi connectivity index (χ2n) is 4.37. The lowest BCUT2D eigenvalue weighted by molar-refractivity contribution is -0.650. The van der Waals surface area contributed by atoms with Crippen LogP contribution in [0.1, 0.15) is 0 Å². The van der Waals surface area contributed by atoms with Crippen LogP contribution < -0.4 is 31.7 Å². The molecule has 0 saturated carbocycles. The zero-order valence-electron chi connectivity index (χ0n) is 11.6. The molecule has 0 amide bonds. The Kier molecular flexibility index (Phi) is 5.41. The first-order chi connectivity index (χ1) is 7.34. The molecule has 0 bridgehead atoms. The molecule has 1 aromatic rings. The molecule has 0 unspecified atom stereocenters. The molecule has 0 saturated heterocycles. The molecule has 0 aliphatic carbocycles. The van der Waals surface area contributed by atoms with Crippen LogP contribution in [0, 0.1) is 0 Å². The Balaban J connectivity index is 0.00000256. The molecule has 6 nitrogen and oxygen atoms in total. The van der Waals surface area contributed by atoms with Crippen LogP contribution in [-0.2, 0) is 7.05 Å². The second-order valence-corrected chi connectivity index (χ2v) is 4.37. The van der Waals surface area contributed by atoms with Crippen molar-refractivity contribution in [2.75, 3.05) is 57.0 Å². The summed E-state index contributed by atoms with van der Waals surface area (Å²) in [7, 11) is 13.7. The maximum Gasteiger partial charge on any atom is 0.326 e. The Morgan fingerprint density at radius 1 is 0.765 bits per heavy atom. The number of halogens is 1. The van der Waals surface area contributed by atoms with Crippen molar-refractivity contribution < 1.29 is 17.0 Å². The third-order valence-electron chi connectivity index (χ3n) is 2.20. The molecule has 0 aliphatic heterocycles. The Hall–Kier alpha value is -1.30. The van der Waals surface area contributed by atoms with E-state index in [9.17, 15) is 0 Å². The Labute approximate surface area is 109 Å². The predicted octanol–water partition coefficient (Wildman–Crippen LogP) is -3.50. The predicted molar refractivity (Wildman–Crippen MR) is 66.2 cm³/mol. The zero-order valence-corrected chi connectivity index (χ0v) is 12.3. The summed E-state index contributed by atoms with van der Waals surface area (Å²) in [6, 6.07) is 0. The van der Waals surface area contributed by atoms with E-state index >= 15 is 0 Å². The third-order valence-corrected chi connectivity index (χ3v) is 2.20. The largest absolute Gasteiger partial charge is 1.00 e. The maximum atomic E-state index is 4.49. The fourth-order valence-electron chi connectivity index (χ4n) is 1.44. The van der Waals surface area contributed by atoms with Crippen molar-refractivity contribution in [1.82, 2.24) is 9.97 Å². The molecular weight excluding hydrogens is 240 g/mol. The van der Waals surface area contributed by atoms with Crippen molar-refractivity contribution >= 4 is 17.8 Å². The van der Waals surface area contributed by atoms with Crippen molar-refractivity contribution in [3.8, 4) is 0 Å². The first-order valence-electron chi connectivity index (χ1n) is 5.14. The average Bonchev–Trinajstić information content (AvgIpc) is 2.16. The molecular formula is C10H21ClN6. The van der Waals surface area contributed by atoms with E-state index in [0.29, 0.717) is 5.95 Å². The molecule has 0 aromatic carbocycles. The second kappa shape index (κ2) is 5.86. The highest BCUT2D eigenvalue weighted by atomic mass is 35.5. The van der Waals surface area contributed by atoms with Gasteiger partial charge in [-0.15, -0.1) is 0 Å². The highest BCUT2D eigenvalue weighted by molar-refractivity contribution is 5.38. The van der Waals surface area contributed by atoms with Crippen LogP contribution in [0.4, 0.5) is 17.8 Å². The van der Waals surface area contributed by atoms with Crippen LogP contribution in [-0.4, -0.2) is 52.3 Å². The molecule has 0 N–H and O–H groups in total. The van der Waals surface area contributed by atoms with Gasteiger partial charge in [-0.2, -0.15) is 0 Å². The highest BCUT2D eigenvalue weighted by Gasteiger charge is 2.21. The lowest BCUT2D eigenvalue weighted by atomic mass is 10.6. The molecule has 17 heavy (non-hydrogen) atoms. The Morgan fingerprint density at radius 2 is 1.12 bits per heavy atom. The van der Waals surface area contributed by atoms with Crippen molar-refractivity contribution in [1.29, 1.82) is 0 Å². The lowest BCUT2D eigenvalue weighted by Crippen LogP contribution is -3.00. The van der Waals surface area contributed by atoms with Crippen LogP contribution in [0.5, 0.6) is 0 Å². The van der Waals surface area contributed by atoms with E-state index in [-0.39, 0.29) is 12.4 Å². The minimum Gasteiger partial charge on any atom is -1.00 e. The summed E-state index contributed by atoms with van der Waals surface area (Å²) >= 11 is 0. The van der Waals surface area contributed by atoms with Crippen molar-refractivity contribution in [2.45, 2.75) is 0 Å². The number of hydrogen-bond donors (Lipinski definition) is 0. The molecule has 0 atom stereocenters. The van der Waals surface area contributed by atoms with Gasteiger partial charge in [-0.05, 0) is 0 Å². The Morgan fingerprint density at radius 3 is 1.35 bits per heavy atom. The third kappa shape index (κ3) is 3.33. The average molecular weight is 261 g/mol. The zero-order chi connectivity index (χ0) is 12.5. The molecule has 1 heterocycles. The van der Waals surface area contributed by atoms with Gasteiger partial charge < -0.3 is 17.3 Å². The van der Waals surface area contributed by atoms with Gasteiger partial charge in [0.15, 0.2) is 0 Å². The molecule has 0 spiro atoms. The smallest absolute Gasteiger partial charge is 0.326 e. The number of hydrogen-bond acceptors (Lipinski definition) is 5. The minimum absolute atomic E-state index is 0. The van der Waals surface area contributed by atoms with Gasteiger partial charge in [0.05, 0.1) is 0 Å². The standard InChI is InChI=1S/C10H21N6.ClH/c1-13(2)8-11-9(14(3)4)16(7)10(12-8)15(5)6;/h1-7H3;1H/q+1;/p-1. The summed E-state index contributed by atoms with van der Waals surface area (Å²) in [5, 5.41) is 0. The fraction of sp³-hybridized carbons (Fsp3) is 0.700. The first kappa shape index (κ1) is 15.7. The molecule has 1 aromatic heterocycles. The summed E-state index contributed by atoms with van der Waals surface area (Å²) in [6.45, 7) is 0. The first-order valence-corrected chi connectivity index (χ1v) is 5.14. The van der Waals surface area contributed by atoms with Gasteiger partial charge in [0.25, 0.3) is 0 Å². The van der Waals surface area contributed by atoms with Gasteiger partial charge in [-0.25, -0.2) is 4.57 Å². The van der Waals surface area contributed by atoms with Crippen LogP contribution >= 0.6 is 0 Å². The van der Waals surface area contributed by atoms with E-state index in [0.717, 1.165) is 11.9 Å². The van der Waals surface area contributed by atoms with Crippen LogP contribution in [0.3, 0.4) is 0 Å². The topological polar surface area (TPSA) is 39.4 Å². The van der Waals surface area contributed by atoms with Crippen LogP contribution in [0.2, 0.25) is 0 Å². The molecule has 1 rings (SSSR count). The normalized spacial score (nSPS) is 9.59. The van der Waals surface area contributed by atoms with E-state index in [4.69, 9.17) is 0 Å². The minimum atomic E-state index is 0. The molecule has 7 heteroatoms. The fourth-order valence-corrected chi connectivity index (χ4v) is 1.44. The SMILES string of the molecule is CN(C)c1nc(N(C)C)[n+](C)c(N(C)C)n1.[Cl-]. The number of aromatic nitrogens is 3. The quantitative estimate of drug-likeness (QED) is 0.528. The summed E-state index contributed by atoms with van der Waals surface area (Å²) in [6.07, 6.45) is 0. The molecule has 0 fully saturated rings. The van der Waals surface area contributed by atoms with E-state index in [1.165, 1.54) is 0 Å². The van der Waals surface area contributed by atoms with Gasteiger partial charge in [0, 0.05) is 49.3 Å². The van der Waals surface area contributed by atoms with Crippen molar-refractivity contribution in [2.24, 2.45) is 7.05 Å². The lowest BCUT2D eigenvalue weighted by Gasteiger charge is -2.17. The summed E-state index contributed by atoms with van der Waals surface area (Å²) in [4.78, 5) is 14.8. The van der Waals surface area contributed by atoms with E-state index in [1.54, 1.807) is 0 Å². The van der Waals surface area contributed by atoms with Gasteiger partial charge in [-0.3, -0.25) is 9.80 Å². The van der Waals surface area contributed by atoms with Crippen molar-refractivity contribution in [3.05, 3.63) is 0 Å². The van der Waals surface area contributed by atoms with Gasteiger partial charge >= 0.3 is 17.8 Å².